The van der Waals surface area contributed by atoms with Gasteiger partial charge in [0.15, 0.2) is 6.10 Å². The molecule has 4 N–H and O–H groups in total. The highest BCUT2D eigenvalue weighted by molar-refractivity contribution is 7.47. The van der Waals surface area contributed by atoms with E-state index in [1.807, 2.05) is 48.6 Å². The highest BCUT2D eigenvalue weighted by Gasteiger charge is 2.25. The monoisotopic (exact) mass is 834 g/mol. The van der Waals surface area contributed by atoms with Crippen molar-refractivity contribution in [3.8, 4) is 0 Å². The number of allylic oxidation sites excluding steroid dienone is 12. The maximum atomic E-state index is 12.6. The number of rotatable bonds is 40. The van der Waals surface area contributed by atoms with E-state index in [2.05, 4.69) is 44.2 Å². The predicted octanol–water partition coefficient (Wildman–Crippen LogP) is 11.8. The van der Waals surface area contributed by atoms with Crippen LogP contribution in [0.25, 0.3) is 0 Å². The Kier molecular flexibility index (Phi) is 40.2. The van der Waals surface area contributed by atoms with Crippen molar-refractivity contribution in [2.45, 2.75) is 174 Å². The molecule has 0 rings (SSSR count). The van der Waals surface area contributed by atoms with Gasteiger partial charge in [0.25, 0.3) is 0 Å². The van der Waals surface area contributed by atoms with Crippen LogP contribution in [0.4, 0.5) is 0 Å². The number of unbranched alkanes of at least 4 members (excludes halogenated alkanes) is 13. The minimum absolute atomic E-state index is 0.0289. The number of esters is 2. The van der Waals surface area contributed by atoms with E-state index in [4.69, 9.17) is 24.3 Å². The Labute approximate surface area is 352 Å². The number of aliphatic hydroxyl groups excluding tert-OH is 1. The smallest absolute Gasteiger partial charge is 0.462 e. The largest absolute Gasteiger partial charge is 0.472 e. The van der Waals surface area contributed by atoms with E-state index < -0.39 is 38.6 Å². The highest BCUT2D eigenvalue weighted by Crippen LogP contribution is 2.43. The van der Waals surface area contributed by atoms with Gasteiger partial charge in [-0.25, -0.2) is 4.57 Å². The third kappa shape index (κ3) is 41.3. The Morgan fingerprint density at radius 3 is 1.84 bits per heavy atom. The van der Waals surface area contributed by atoms with Gasteiger partial charge in [-0.3, -0.25) is 18.6 Å². The van der Waals surface area contributed by atoms with Crippen LogP contribution in [0.2, 0.25) is 0 Å². The van der Waals surface area contributed by atoms with Gasteiger partial charge < -0.3 is 25.2 Å². The zero-order chi connectivity index (χ0) is 42.6. The number of phosphoric acid groups is 1. The third-order valence-electron chi connectivity index (χ3n) is 8.86. The van der Waals surface area contributed by atoms with Crippen molar-refractivity contribution >= 4 is 19.8 Å². The molecule has 0 heterocycles. The fourth-order valence-corrected chi connectivity index (χ4v) is 6.33. The number of carbonyl (C=O) groups is 2. The van der Waals surface area contributed by atoms with Gasteiger partial charge in [0.05, 0.1) is 19.3 Å². The Hall–Kier alpha value is -2.85. The van der Waals surface area contributed by atoms with Crippen LogP contribution in [0.3, 0.4) is 0 Å². The van der Waals surface area contributed by atoms with Crippen molar-refractivity contribution in [2.24, 2.45) is 5.73 Å². The van der Waals surface area contributed by atoms with E-state index in [9.17, 15) is 24.2 Å². The first-order valence-electron chi connectivity index (χ1n) is 22.2. The molecule has 0 amide bonds. The lowest BCUT2D eigenvalue weighted by atomic mass is 10.1. The molecule has 0 saturated heterocycles. The summed E-state index contributed by atoms with van der Waals surface area (Å²) in [5, 5.41) is 10.00. The summed E-state index contributed by atoms with van der Waals surface area (Å²) in [6, 6.07) is 0. The van der Waals surface area contributed by atoms with Gasteiger partial charge in [0.1, 0.15) is 6.61 Å². The highest BCUT2D eigenvalue weighted by atomic mass is 31.2. The molecule has 0 aromatic heterocycles. The quantitative estimate of drug-likeness (QED) is 0.0179. The minimum Gasteiger partial charge on any atom is -0.462 e. The second-order valence-corrected chi connectivity index (χ2v) is 15.8. The summed E-state index contributed by atoms with van der Waals surface area (Å²) in [5.74, 6) is -0.968. The van der Waals surface area contributed by atoms with Crippen LogP contribution in [0, 0.1) is 0 Å². The van der Waals surface area contributed by atoms with Crippen LogP contribution in [0.5, 0.6) is 0 Å². The molecule has 0 aromatic rings. The average molecular weight is 834 g/mol. The van der Waals surface area contributed by atoms with Crippen molar-refractivity contribution in [3.05, 3.63) is 85.1 Å². The Bertz CT molecular complexity index is 1240. The zero-order valence-electron chi connectivity index (χ0n) is 36.1. The Morgan fingerprint density at radius 1 is 0.621 bits per heavy atom. The van der Waals surface area contributed by atoms with Crippen LogP contribution < -0.4 is 5.73 Å². The van der Waals surface area contributed by atoms with E-state index in [1.54, 1.807) is 6.08 Å². The number of aliphatic hydroxyl groups is 1. The van der Waals surface area contributed by atoms with E-state index in [1.165, 1.54) is 64.2 Å². The second kappa shape index (κ2) is 42.3. The van der Waals surface area contributed by atoms with Crippen molar-refractivity contribution in [3.63, 3.8) is 0 Å². The first-order valence-corrected chi connectivity index (χ1v) is 23.7. The molecule has 0 aliphatic heterocycles. The molecule has 11 heteroatoms. The van der Waals surface area contributed by atoms with Gasteiger partial charge in [-0.15, -0.1) is 0 Å². The summed E-state index contributed by atoms with van der Waals surface area (Å²) in [7, 11) is -4.42. The second-order valence-electron chi connectivity index (χ2n) is 14.4. The molecule has 0 aromatic carbocycles. The molecular formula is C47H80NO9P. The zero-order valence-corrected chi connectivity index (χ0v) is 37.0. The van der Waals surface area contributed by atoms with E-state index in [0.717, 1.165) is 44.9 Å². The fourth-order valence-electron chi connectivity index (χ4n) is 5.56. The molecule has 0 saturated carbocycles. The molecule has 2 unspecified atom stereocenters. The SMILES string of the molecule is CC/C=C\C/C=C\CC(O)/C=C/C=C\C/C=C\C/C=C\CCC(=O)O[C@H](COC(=O)CCCCCCCCC/C=C\CCCCCCCC)COP(=O)(O)OCCN. The molecule has 0 spiro atoms. The molecule has 3 atom stereocenters. The molecule has 0 bridgehead atoms. The summed E-state index contributed by atoms with van der Waals surface area (Å²) in [6.45, 7) is 3.43. The van der Waals surface area contributed by atoms with Gasteiger partial charge in [0, 0.05) is 19.4 Å². The normalized spacial score (nSPS) is 14.6. The molecule has 0 aliphatic rings. The standard InChI is InChI=1S/C47H80NO9P/c1-3-5-7-9-11-12-13-14-15-16-17-18-19-23-26-30-34-38-46(50)54-42-45(43-56-58(52,53)55-41-40-48)57-47(51)39-35-31-27-24-21-20-22-25-29-33-37-44(49)36-32-28-10-8-6-4-2/h6,8,14-15,20-21,25,27-29,31-33,37,44-45,49H,3-5,7,9-13,16-19,22-24,26,30,34-36,38-43,48H2,1-2H3,(H,52,53)/b8-6-,15-14-,21-20-,29-25-,31-27-,32-28-,37-33+/t44?,45-/m1/s1. The lowest BCUT2D eigenvalue weighted by molar-refractivity contribution is -0.161. The van der Waals surface area contributed by atoms with Gasteiger partial charge >= 0.3 is 19.8 Å². The third-order valence-corrected chi connectivity index (χ3v) is 9.84. The van der Waals surface area contributed by atoms with Gasteiger partial charge in [-0.05, 0) is 70.6 Å². The summed E-state index contributed by atoms with van der Waals surface area (Å²) >= 11 is 0. The van der Waals surface area contributed by atoms with Crippen molar-refractivity contribution < 1.29 is 42.7 Å². The predicted molar refractivity (Wildman–Crippen MR) is 239 cm³/mol. The number of hydrogen-bond acceptors (Lipinski definition) is 9. The lowest BCUT2D eigenvalue weighted by Crippen LogP contribution is -2.29. The molecule has 332 valence electrons. The van der Waals surface area contributed by atoms with Crippen molar-refractivity contribution in [1.82, 2.24) is 0 Å². The number of phosphoric ester groups is 1. The summed E-state index contributed by atoms with van der Waals surface area (Å²) in [4.78, 5) is 34.9. The van der Waals surface area contributed by atoms with E-state index in [-0.39, 0.29) is 32.6 Å². The average Bonchev–Trinajstić information content (AvgIpc) is 3.21. The lowest BCUT2D eigenvalue weighted by Gasteiger charge is -2.19. The topological polar surface area (TPSA) is 155 Å². The number of carbonyl (C=O) groups excluding carboxylic acids is 2. The summed E-state index contributed by atoms with van der Waals surface area (Å²) in [5.41, 5.74) is 5.34. The molecule has 10 nitrogen and oxygen atoms in total. The molecule has 58 heavy (non-hydrogen) atoms. The molecule has 0 fully saturated rings. The van der Waals surface area contributed by atoms with Crippen molar-refractivity contribution in [2.75, 3.05) is 26.4 Å². The van der Waals surface area contributed by atoms with E-state index in [0.29, 0.717) is 25.7 Å². The van der Waals surface area contributed by atoms with Crippen LogP contribution in [-0.2, 0) is 32.7 Å². The van der Waals surface area contributed by atoms with Crippen LogP contribution in [-0.4, -0.2) is 60.5 Å². The number of nitrogens with two attached hydrogens (primary N) is 1. The van der Waals surface area contributed by atoms with Crippen LogP contribution in [0.15, 0.2) is 85.1 Å². The first kappa shape index (κ1) is 55.2. The minimum atomic E-state index is -4.42. The van der Waals surface area contributed by atoms with Crippen LogP contribution >= 0.6 is 7.82 Å². The molecule has 0 radical (unpaired) electrons. The maximum absolute atomic E-state index is 12.6. The number of ether oxygens (including phenoxy) is 2. The van der Waals surface area contributed by atoms with Crippen LogP contribution in [0.1, 0.15) is 162 Å². The molecule has 0 aliphatic carbocycles. The summed E-state index contributed by atoms with van der Waals surface area (Å²) < 4.78 is 32.7. The number of hydrogen-bond donors (Lipinski definition) is 3. The molecular weight excluding hydrogens is 753 g/mol. The first-order chi connectivity index (χ1) is 28.2. The van der Waals surface area contributed by atoms with Gasteiger partial charge in [0.2, 0.25) is 0 Å². The van der Waals surface area contributed by atoms with Gasteiger partial charge in [-0.1, -0.05) is 163 Å². The van der Waals surface area contributed by atoms with Crippen molar-refractivity contribution in [1.29, 1.82) is 0 Å². The maximum Gasteiger partial charge on any atom is 0.472 e. The fraction of sp³-hybridized carbons (Fsp3) is 0.660. The van der Waals surface area contributed by atoms with Gasteiger partial charge in [-0.2, -0.15) is 0 Å². The van der Waals surface area contributed by atoms with E-state index >= 15 is 0 Å². The Balaban J connectivity index is 4.35. The summed E-state index contributed by atoms with van der Waals surface area (Å²) in [6.07, 6.45) is 49.4. The Morgan fingerprint density at radius 2 is 1.19 bits per heavy atom.